The topological polar surface area (TPSA) is 49.8 Å². The Bertz CT molecular complexity index is 931. The van der Waals surface area contributed by atoms with E-state index in [1.807, 2.05) is 0 Å². The van der Waals surface area contributed by atoms with Crippen LogP contribution in [0, 0.1) is 5.82 Å². The van der Waals surface area contributed by atoms with E-state index in [0.29, 0.717) is 11.5 Å². The summed E-state index contributed by atoms with van der Waals surface area (Å²) in [5, 5.41) is 5.62. The Labute approximate surface area is 150 Å². The van der Waals surface area contributed by atoms with Crippen LogP contribution in [0.1, 0.15) is 5.56 Å². The highest BCUT2D eigenvalue weighted by molar-refractivity contribution is 6.33. The molecular weight excluding hydrogens is 372 g/mol. The number of halogens is 5. The number of hydrogen-bond acceptors (Lipinski definition) is 4. The predicted octanol–water partition coefficient (Wildman–Crippen LogP) is 5.78. The first-order valence-electron chi connectivity index (χ1n) is 7.31. The van der Waals surface area contributed by atoms with Crippen LogP contribution in [0.25, 0.3) is 0 Å². The van der Waals surface area contributed by atoms with Crippen LogP contribution in [-0.2, 0) is 6.18 Å². The van der Waals surface area contributed by atoms with Crippen molar-refractivity contribution in [1.82, 2.24) is 9.97 Å². The maximum Gasteiger partial charge on any atom is 0.416 e. The second-order valence-corrected chi connectivity index (χ2v) is 5.63. The average molecular weight is 383 g/mol. The van der Waals surface area contributed by atoms with Crippen LogP contribution in [0.4, 0.5) is 40.7 Å². The van der Waals surface area contributed by atoms with Gasteiger partial charge in [0.1, 0.15) is 11.6 Å². The normalized spacial score (nSPS) is 11.3. The molecular formula is C17H11ClF4N4. The van der Waals surface area contributed by atoms with Gasteiger partial charge in [0.15, 0.2) is 0 Å². The van der Waals surface area contributed by atoms with Crippen molar-refractivity contribution in [3.05, 3.63) is 71.1 Å². The largest absolute Gasteiger partial charge is 0.416 e. The fraction of sp³-hybridized carbons (Fsp3) is 0.0588. The molecule has 0 aliphatic carbocycles. The van der Waals surface area contributed by atoms with Gasteiger partial charge < -0.3 is 10.6 Å². The van der Waals surface area contributed by atoms with Crippen LogP contribution in [0.3, 0.4) is 0 Å². The van der Waals surface area contributed by atoms with Crippen LogP contribution in [0.15, 0.2) is 54.7 Å². The van der Waals surface area contributed by atoms with Gasteiger partial charge in [0.2, 0.25) is 5.95 Å². The first-order chi connectivity index (χ1) is 12.3. The van der Waals surface area contributed by atoms with E-state index in [2.05, 4.69) is 20.6 Å². The van der Waals surface area contributed by atoms with Crippen LogP contribution in [-0.4, -0.2) is 9.97 Å². The monoisotopic (exact) mass is 382 g/mol. The number of nitrogens with one attached hydrogen (secondary N) is 2. The first-order valence-corrected chi connectivity index (χ1v) is 7.68. The van der Waals surface area contributed by atoms with Gasteiger partial charge >= 0.3 is 6.18 Å². The van der Waals surface area contributed by atoms with Crippen molar-refractivity contribution in [2.24, 2.45) is 0 Å². The Morgan fingerprint density at radius 3 is 2.50 bits per heavy atom. The fourth-order valence-electron chi connectivity index (χ4n) is 2.12. The van der Waals surface area contributed by atoms with Gasteiger partial charge in [0.05, 0.1) is 16.3 Å². The maximum absolute atomic E-state index is 13.2. The Kier molecular flexibility index (Phi) is 4.94. The number of alkyl halides is 3. The minimum Gasteiger partial charge on any atom is -0.340 e. The standard InChI is InChI=1S/C17H11ClF4N4/c18-13-5-4-10(17(20,21)22)8-14(13)25-16-23-7-6-15(26-16)24-12-3-1-2-11(19)9-12/h1-9H,(H2,23,24,25,26). The molecule has 2 N–H and O–H groups in total. The van der Waals surface area contributed by atoms with E-state index in [4.69, 9.17) is 11.6 Å². The number of nitrogens with zero attached hydrogens (tertiary/aromatic N) is 2. The zero-order valence-corrected chi connectivity index (χ0v) is 13.7. The average Bonchev–Trinajstić information content (AvgIpc) is 2.56. The summed E-state index contributed by atoms with van der Waals surface area (Å²) in [4.78, 5) is 8.08. The molecule has 0 spiro atoms. The molecule has 0 aliphatic rings. The Hall–Kier alpha value is -2.87. The summed E-state index contributed by atoms with van der Waals surface area (Å²) in [5.74, 6) is -0.0537. The molecule has 1 heterocycles. The smallest absolute Gasteiger partial charge is 0.340 e. The Morgan fingerprint density at radius 1 is 0.962 bits per heavy atom. The van der Waals surface area contributed by atoms with Crippen molar-refractivity contribution >= 4 is 34.7 Å². The van der Waals surface area contributed by atoms with Gasteiger partial charge in [-0.2, -0.15) is 18.2 Å². The molecule has 3 aromatic rings. The van der Waals surface area contributed by atoms with Crippen molar-refractivity contribution in [1.29, 1.82) is 0 Å². The molecule has 0 saturated carbocycles. The van der Waals surface area contributed by atoms with Crippen LogP contribution in [0.2, 0.25) is 5.02 Å². The van der Waals surface area contributed by atoms with Crippen LogP contribution in [0.5, 0.6) is 0 Å². The third-order valence-corrected chi connectivity index (χ3v) is 3.62. The van der Waals surface area contributed by atoms with Gasteiger partial charge in [-0.05, 0) is 42.5 Å². The van der Waals surface area contributed by atoms with Gasteiger partial charge in [0, 0.05) is 11.9 Å². The third-order valence-electron chi connectivity index (χ3n) is 3.29. The lowest BCUT2D eigenvalue weighted by molar-refractivity contribution is -0.137. The van der Waals surface area contributed by atoms with Gasteiger partial charge in [0.25, 0.3) is 0 Å². The maximum atomic E-state index is 13.2. The number of rotatable bonds is 4. The number of anilines is 4. The molecule has 0 unspecified atom stereocenters. The molecule has 0 radical (unpaired) electrons. The molecule has 134 valence electrons. The summed E-state index contributed by atoms with van der Waals surface area (Å²) >= 11 is 5.94. The van der Waals surface area contributed by atoms with E-state index in [0.717, 1.165) is 18.2 Å². The molecule has 0 atom stereocenters. The Balaban J connectivity index is 1.83. The van der Waals surface area contributed by atoms with E-state index in [9.17, 15) is 17.6 Å². The number of aromatic nitrogens is 2. The number of hydrogen-bond donors (Lipinski definition) is 2. The minimum absolute atomic E-state index is 0.0180. The molecule has 1 aromatic heterocycles. The van der Waals surface area contributed by atoms with Crippen molar-refractivity contribution < 1.29 is 17.6 Å². The van der Waals surface area contributed by atoms with Crippen molar-refractivity contribution in [2.45, 2.75) is 6.18 Å². The summed E-state index contributed by atoms with van der Waals surface area (Å²) in [6.07, 6.45) is -3.10. The molecule has 0 saturated heterocycles. The summed E-state index contributed by atoms with van der Waals surface area (Å²) in [7, 11) is 0. The Morgan fingerprint density at radius 2 is 1.77 bits per heavy atom. The fourth-order valence-corrected chi connectivity index (χ4v) is 2.29. The lowest BCUT2D eigenvalue weighted by Crippen LogP contribution is -2.06. The summed E-state index contributed by atoms with van der Waals surface area (Å²) in [6.45, 7) is 0. The van der Waals surface area contributed by atoms with Crippen molar-refractivity contribution in [3.63, 3.8) is 0 Å². The zero-order chi connectivity index (χ0) is 18.7. The molecule has 9 heteroatoms. The molecule has 3 rings (SSSR count). The molecule has 4 nitrogen and oxygen atoms in total. The van der Waals surface area contributed by atoms with Gasteiger partial charge in [-0.1, -0.05) is 17.7 Å². The highest BCUT2D eigenvalue weighted by atomic mass is 35.5. The highest BCUT2D eigenvalue weighted by Gasteiger charge is 2.31. The quantitative estimate of drug-likeness (QED) is 0.562. The van der Waals surface area contributed by atoms with Crippen LogP contribution >= 0.6 is 11.6 Å². The van der Waals surface area contributed by atoms with E-state index in [1.165, 1.54) is 30.5 Å². The summed E-state index contributed by atoms with van der Waals surface area (Å²) < 4.78 is 51.7. The van der Waals surface area contributed by atoms with Gasteiger partial charge in [-0.15, -0.1) is 0 Å². The molecule has 0 aliphatic heterocycles. The van der Waals surface area contributed by atoms with Gasteiger partial charge in [-0.25, -0.2) is 9.37 Å². The lowest BCUT2D eigenvalue weighted by Gasteiger charge is -2.12. The van der Waals surface area contributed by atoms with E-state index in [1.54, 1.807) is 6.07 Å². The minimum atomic E-state index is -4.50. The molecule has 0 amide bonds. The second kappa shape index (κ2) is 7.17. The summed E-state index contributed by atoms with van der Waals surface area (Å²) in [6, 6.07) is 10.2. The third kappa shape index (κ3) is 4.40. The molecule has 26 heavy (non-hydrogen) atoms. The van der Waals surface area contributed by atoms with E-state index < -0.39 is 17.6 Å². The number of benzene rings is 2. The highest BCUT2D eigenvalue weighted by Crippen LogP contribution is 2.34. The van der Waals surface area contributed by atoms with Crippen LogP contribution < -0.4 is 10.6 Å². The van der Waals surface area contributed by atoms with Gasteiger partial charge in [-0.3, -0.25) is 0 Å². The van der Waals surface area contributed by atoms with E-state index >= 15 is 0 Å². The molecule has 0 fully saturated rings. The molecule has 0 bridgehead atoms. The first kappa shape index (κ1) is 17.9. The van der Waals surface area contributed by atoms with Crippen molar-refractivity contribution in [2.75, 3.05) is 10.6 Å². The van der Waals surface area contributed by atoms with Crippen molar-refractivity contribution in [3.8, 4) is 0 Å². The zero-order valence-electron chi connectivity index (χ0n) is 13.0. The second-order valence-electron chi connectivity index (χ2n) is 5.22. The predicted molar refractivity (Wildman–Crippen MR) is 91.5 cm³/mol. The van der Waals surface area contributed by atoms with E-state index in [-0.39, 0.29) is 16.7 Å². The molecule has 2 aromatic carbocycles. The SMILES string of the molecule is Fc1cccc(Nc2ccnc(Nc3cc(C(F)(F)F)ccc3Cl)n2)c1. The summed E-state index contributed by atoms with van der Waals surface area (Å²) in [5.41, 5.74) is -0.366. The lowest BCUT2D eigenvalue weighted by atomic mass is 10.2.